The Balaban J connectivity index is 1.54. The summed E-state index contributed by atoms with van der Waals surface area (Å²) in [6.45, 7) is -0.379. The Labute approximate surface area is 211 Å². The molecular weight excluding hydrogens is 570 g/mol. The lowest BCUT2D eigenvalue weighted by Crippen LogP contribution is -2.32. The number of aromatic nitrogens is 2. The van der Waals surface area contributed by atoms with Crippen LogP contribution in [-0.2, 0) is 4.79 Å². The number of H-pyrrole nitrogens is 1. The van der Waals surface area contributed by atoms with E-state index in [0.717, 1.165) is 4.68 Å². The summed E-state index contributed by atoms with van der Waals surface area (Å²) in [6.07, 6.45) is 1.34. The van der Waals surface area contributed by atoms with Gasteiger partial charge in [-0.05, 0) is 64.6 Å². The summed E-state index contributed by atoms with van der Waals surface area (Å²) in [5.74, 6) is -0.499. The van der Waals surface area contributed by atoms with Crippen LogP contribution in [0.25, 0.3) is 10.9 Å². The van der Waals surface area contributed by atoms with Crippen LogP contribution in [0.4, 0.5) is 10.1 Å². The van der Waals surface area contributed by atoms with Crippen LogP contribution in [0.2, 0.25) is 0 Å². The Bertz CT molecular complexity index is 1560. The molecule has 1 amide bonds. The number of hydrogen-bond acceptors (Lipinski definition) is 6. The van der Waals surface area contributed by atoms with E-state index in [9.17, 15) is 18.8 Å². The molecular formula is C24H18FIN4O5. The topological polar surface area (TPSA) is 115 Å². The van der Waals surface area contributed by atoms with Gasteiger partial charge in [-0.25, -0.2) is 9.18 Å². The van der Waals surface area contributed by atoms with E-state index in [0.29, 0.717) is 31.5 Å². The maximum atomic E-state index is 13.7. The molecule has 0 bridgehead atoms. The highest BCUT2D eigenvalue weighted by molar-refractivity contribution is 14.1. The summed E-state index contributed by atoms with van der Waals surface area (Å²) in [4.78, 5) is 39.8. The first-order valence-electron chi connectivity index (χ1n) is 10.2. The van der Waals surface area contributed by atoms with Crippen LogP contribution < -0.4 is 26.0 Å². The molecule has 9 nitrogen and oxygen atoms in total. The van der Waals surface area contributed by atoms with E-state index >= 15 is 0 Å². The number of anilines is 1. The van der Waals surface area contributed by atoms with Crippen molar-refractivity contribution < 1.29 is 18.7 Å². The van der Waals surface area contributed by atoms with Gasteiger partial charge in [-0.15, -0.1) is 4.68 Å². The fourth-order valence-corrected chi connectivity index (χ4v) is 4.00. The van der Waals surface area contributed by atoms with Crippen molar-refractivity contribution in [3.05, 3.63) is 96.5 Å². The average Bonchev–Trinajstić information content (AvgIpc) is 2.84. The number of nitrogens with zero attached hydrogens (tertiary/aromatic N) is 2. The number of nitrogens with one attached hydrogen (secondary N) is 2. The number of rotatable bonds is 7. The lowest BCUT2D eigenvalue weighted by atomic mass is 10.2. The number of carbonyl (C=O) groups excluding carboxylic acids is 1. The van der Waals surface area contributed by atoms with Gasteiger partial charge >= 0.3 is 5.69 Å². The van der Waals surface area contributed by atoms with Crippen LogP contribution in [0, 0.1) is 9.39 Å². The highest BCUT2D eigenvalue weighted by atomic mass is 127. The number of para-hydroxylation sites is 2. The van der Waals surface area contributed by atoms with E-state index in [4.69, 9.17) is 9.47 Å². The second kappa shape index (κ2) is 10.5. The van der Waals surface area contributed by atoms with E-state index in [-0.39, 0.29) is 12.3 Å². The number of hydrogen-bond donors (Lipinski definition) is 2. The molecule has 35 heavy (non-hydrogen) atoms. The summed E-state index contributed by atoms with van der Waals surface area (Å²) in [5.41, 5.74) is -0.233. The second-order valence-electron chi connectivity index (χ2n) is 7.19. The van der Waals surface area contributed by atoms with Gasteiger partial charge < -0.3 is 19.8 Å². The van der Waals surface area contributed by atoms with Crippen LogP contribution in [0.1, 0.15) is 5.56 Å². The molecule has 1 aromatic heterocycles. The van der Waals surface area contributed by atoms with E-state index in [1.807, 2.05) is 22.6 Å². The number of amides is 1. The fraction of sp³-hybridized carbons (Fsp3) is 0.0833. The molecule has 4 rings (SSSR count). The van der Waals surface area contributed by atoms with Crippen molar-refractivity contribution in [1.29, 1.82) is 0 Å². The molecule has 0 aliphatic heterocycles. The highest BCUT2D eigenvalue weighted by Crippen LogP contribution is 2.33. The van der Waals surface area contributed by atoms with E-state index < -0.39 is 23.0 Å². The van der Waals surface area contributed by atoms with Crippen molar-refractivity contribution in [1.82, 2.24) is 9.66 Å². The number of ether oxygens (including phenoxy) is 2. The predicted octanol–water partition coefficient (Wildman–Crippen LogP) is 3.34. The number of benzene rings is 3. The number of carbonyl (C=O) groups is 1. The number of methoxy groups -OCH3 is 1. The lowest BCUT2D eigenvalue weighted by Gasteiger charge is -2.13. The molecule has 0 fully saturated rings. The van der Waals surface area contributed by atoms with Gasteiger partial charge in [0.15, 0.2) is 18.1 Å². The monoisotopic (exact) mass is 588 g/mol. The van der Waals surface area contributed by atoms with Gasteiger partial charge in [0.2, 0.25) is 0 Å². The van der Waals surface area contributed by atoms with Gasteiger partial charge in [0, 0.05) is 0 Å². The molecule has 0 radical (unpaired) electrons. The molecule has 3 aromatic carbocycles. The molecule has 0 saturated heterocycles. The highest BCUT2D eigenvalue weighted by Gasteiger charge is 2.14. The quantitative estimate of drug-likeness (QED) is 0.254. The molecule has 0 spiro atoms. The van der Waals surface area contributed by atoms with Crippen LogP contribution in [0.15, 0.2) is 75.4 Å². The number of halogens is 2. The molecule has 1 heterocycles. The normalized spacial score (nSPS) is 11.1. The van der Waals surface area contributed by atoms with E-state index in [2.05, 4.69) is 15.4 Å². The molecule has 0 aliphatic carbocycles. The zero-order valence-corrected chi connectivity index (χ0v) is 20.4. The molecule has 0 unspecified atom stereocenters. The van der Waals surface area contributed by atoms with Gasteiger partial charge in [-0.1, -0.05) is 24.3 Å². The third kappa shape index (κ3) is 5.40. The Morgan fingerprint density at radius 1 is 1.17 bits per heavy atom. The standard InChI is InChI=1S/C24H18FIN4O5/c1-34-20-11-14(12-27-30-23(32)15-6-2-4-8-18(15)29-24(30)33)10-17(26)22(20)35-13-21(31)28-19-9-5-3-7-16(19)25/h2-12H,13H2,1H3,(H,28,31)(H,29,33). The van der Waals surface area contributed by atoms with Gasteiger partial charge in [0.25, 0.3) is 11.5 Å². The summed E-state index contributed by atoms with van der Waals surface area (Å²) >= 11 is 2.00. The first-order chi connectivity index (χ1) is 16.9. The third-order valence-corrected chi connectivity index (χ3v) is 5.65. The van der Waals surface area contributed by atoms with Crippen LogP contribution >= 0.6 is 22.6 Å². The fourth-order valence-electron chi connectivity index (χ4n) is 3.22. The molecule has 2 N–H and O–H groups in total. The van der Waals surface area contributed by atoms with Crippen molar-refractivity contribution in [2.24, 2.45) is 5.10 Å². The molecule has 0 atom stereocenters. The minimum atomic E-state index is -0.674. The summed E-state index contributed by atoms with van der Waals surface area (Å²) in [5, 5.41) is 6.81. The van der Waals surface area contributed by atoms with Crippen molar-refractivity contribution in [3.8, 4) is 11.5 Å². The molecule has 178 valence electrons. The van der Waals surface area contributed by atoms with Gasteiger partial charge in [-0.2, -0.15) is 5.10 Å². The average molecular weight is 588 g/mol. The van der Waals surface area contributed by atoms with E-state index in [1.54, 1.807) is 42.5 Å². The largest absolute Gasteiger partial charge is 0.493 e. The van der Waals surface area contributed by atoms with Crippen molar-refractivity contribution in [3.63, 3.8) is 0 Å². The zero-order valence-electron chi connectivity index (χ0n) is 18.2. The van der Waals surface area contributed by atoms with Crippen LogP contribution in [0.3, 0.4) is 0 Å². The van der Waals surface area contributed by atoms with Crippen molar-refractivity contribution in [2.45, 2.75) is 0 Å². The molecule has 11 heteroatoms. The van der Waals surface area contributed by atoms with Gasteiger partial charge in [0.05, 0.1) is 33.5 Å². The van der Waals surface area contributed by atoms with Crippen molar-refractivity contribution in [2.75, 3.05) is 19.0 Å². The lowest BCUT2D eigenvalue weighted by molar-refractivity contribution is -0.118. The summed E-state index contributed by atoms with van der Waals surface area (Å²) in [7, 11) is 1.43. The number of aromatic amines is 1. The third-order valence-electron chi connectivity index (χ3n) is 4.85. The summed E-state index contributed by atoms with van der Waals surface area (Å²) in [6, 6.07) is 15.7. The molecule has 0 aliphatic rings. The maximum Gasteiger partial charge on any atom is 0.349 e. The molecule has 0 saturated carbocycles. The maximum absolute atomic E-state index is 13.7. The zero-order chi connectivity index (χ0) is 24.9. The SMILES string of the molecule is COc1cc(C=Nn2c(=O)[nH]c3ccccc3c2=O)cc(I)c1OCC(=O)Nc1ccccc1F. The minimum Gasteiger partial charge on any atom is -0.493 e. The first kappa shape index (κ1) is 24.1. The first-order valence-corrected chi connectivity index (χ1v) is 11.3. The Morgan fingerprint density at radius 3 is 2.69 bits per heavy atom. The Hall–Kier alpha value is -4.00. The molecule has 4 aromatic rings. The summed E-state index contributed by atoms with van der Waals surface area (Å²) < 4.78 is 26.0. The second-order valence-corrected chi connectivity index (χ2v) is 8.35. The van der Waals surface area contributed by atoms with Gasteiger partial charge in [-0.3, -0.25) is 9.59 Å². The number of fused-ring (bicyclic) bond motifs is 1. The van der Waals surface area contributed by atoms with E-state index in [1.165, 1.54) is 31.5 Å². The van der Waals surface area contributed by atoms with Crippen LogP contribution in [0.5, 0.6) is 11.5 Å². The Kier molecular flexibility index (Phi) is 7.25. The van der Waals surface area contributed by atoms with Crippen LogP contribution in [-0.4, -0.2) is 35.5 Å². The smallest absolute Gasteiger partial charge is 0.349 e. The van der Waals surface area contributed by atoms with Gasteiger partial charge in [0.1, 0.15) is 5.82 Å². The predicted molar refractivity (Wildman–Crippen MR) is 138 cm³/mol. The minimum absolute atomic E-state index is 0.0493. The Morgan fingerprint density at radius 2 is 1.91 bits per heavy atom. The van der Waals surface area contributed by atoms with Crippen molar-refractivity contribution >= 4 is 51.3 Å².